The molecule has 0 fully saturated rings. The van der Waals surface area contributed by atoms with Gasteiger partial charge in [0.25, 0.3) is 5.91 Å². The number of hydrogen-bond donors (Lipinski definition) is 3. The van der Waals surface area contributed by atoms with Crippen LogP contribution in [0.5, 0.6) is 0 Å². The maximum absolute atomic E-state index is 12.4. The quantitative estimate of drug-likeness (QED) is 0.682. The van der Waals surface area contributed by atoms with Gasteiger partial charge in [-0.3, -0.25) is 9.59 Å². The van der Waals surface area contributed by atoms with Crippen LogP contribution in [0.15, 0.2) is 24.3 Å². The lowest BCUT2D eigenvalue weighted by molar-refractivity contribution is -0.124. The maximum Gasteiger partial charge on any atom is 0.251 e. The molecule has 0 saturated heterocycles. The minimum Gasteiger partial charge on any atom is -0.391 e. The topological polar surface area (TPSA) is 78.4 Å². The van der Waals surface area contributed by atoms with Crippen molar-refractivity contribution in [3.05, 3.63) is 35.4 Å². The SMILES string of the molecule is Cc1ccc(C(=O)NC(C(=O)NCC(O)CC(C)C)C(C)C)cc1. The Morgan fingerprint density at radius 1 is 1.08 bits per heavy atom. The third kappa shape index (κ3) is 6.71. The van der Waals surface area contributed by atoms with Crippen LogP contribution in [0.3, 0.4) is 0 Å². The summed E-state index contributed by atoms with van der Waals surface area (Å²) in [5.41, 5.74) is 1.60. The monoisotopic (exact) mass is 334 g/mol. The summed E-state index contributed by atoms with van der Waals surface area (Å²) in [5, 5.41) is 15.4. The zero-order valence-corrected chi connectivity index (χ0v) is 15.3. The Balaban J connectivity index is 2.64. The van der Waals surface area contributed by atoms with Gasteiger partial charge < -0.3 is 15.7 Å². The molecule has 0 aromatic heterocycles. The fourth-order valence-electron chi connectivity index (χ4n) is 2.42. The molecule has 0 spiro atoms. The van der Waals surface area contributed by atoms with Crippen LogP contribution in [-0.2, 0) is 4.79 Å². The number of nitrogens with one attached hydrogen (secondary N) is 2. The normalized spacial score (nSPS) is 13.7. The summed E-state index contributed by atoms with van der Waals surface area (Å²) in [6.07, 6.45) is 0.0529. The summed E-state index contributed by atoms with van der Waals surface area (Å²) in [7, 11) is 0. The van der Waals surface area contributed by atoms with Crippen LogP contribution in [0.4, 0.5) is 0 Å². The first kappa shape index (κ1) is 20.2. The van der Waals surface area contributed by atoms with Crippen molar-refractivity contribution in [2.75, 3.05) is 6.54 Å². The van der Waals surface area contributed by atoms with E-state index in [1.54, 1.807) is 12.1 Å². The van der Waals surface area contributed by atoms with Crippen molar-refractivity contribution >= 4 is 11.8 Å². The molecular formula is C19H30N2O3. The number of carbonyl (C=O) groups is 2. The lowest BCUT2D eigenvalue weighted by Gasteiger charge is -2.23. The highest BCUT2D eigenvalue weighted by Gasteiger charge is 2.25. The fraction of sp³-hybridized carbons (Fsp3) is 0.579. The van der Waals surface area contributed by atoms with E-state index >= 15 is 0 Å². The van der Waals surface area contributed by atoms with Crippen LogP contribution >= 0.6 is 0 Å². The van der Waals surface area contributed by atoms with Crippen LogP contribution in [0.25, 0.3) is 0 Å². The fourth-order valence-corrected chi connectivity index (χ4v) is 2.42. The molecule has 2 amide bonds. The van der Waals surface area contributed by atoms with Crippen molar-refractivity contribution < 1.29 is 14.7 Å². The molecule has 1 aromatic carbocycles. The van der Waals surface area contributed by atoms with Gasteiger partial charge in [-0.2, -0.15) is 0 Å². The largest absolute Gasteiger partial charge is 0.391 e. The predicted molar refractivity (Wildman–Crippen MR) is 95.7 cm³/mol. The Morgan fingerprint density at radius 2 is 1.67 bits per heavy atom. The highest BCUT2D eigenvalue weighted by atomic mass is 16.3. The summed E-state index contributed by atoms with van der Waals surface area (Å²) >= 11 is 0. The van der Waals surface area contributed by atoms with E-state index in [9.17, 15) is 14.7 Å². The van der Waals surface area contributed by atoms with E-state index < -0.39 is 12.1 Å². The number of rotatable bonds is 8. The summed E-state index contributed by atoms with van der Waals surface area (Å²) < 4.78 is 0. The average Bonchev–Trinajstić information content (AvgIpc) is 2.49. The molecule has 0 radical (unpaired) electrons. The maximum atomic E-state index is 12.4. The molecule has 5 nitrogen and oxygen atoms in total. The Bertz CT molecular complexity index is 538. The van der Waals surface area contributed by atoms with Crippen LogP contribution < -0.4 is 10.6 Å². The van der Waals surface area contributed by atoms with E-state index in [4.69, 9.17) is 0 Å². The standard InChI is InChI=1S/C19H30N2O3/c1-12(2)10-16(22)11-20-19(24)17(13(3)4)21-18(23)15-8-6-14(5)7-9-15/h6-9,12-13,16-17,22H,10-11H2,1-5H3,(H,20,24)(H,21,23). The van der Waals surface area contributed by atoms with Gasteiger partial charge in [0.1, 0.15) is 6.04 Å². The van der Waals surface area contributed by atoms with Gasteiger partial charge in [-0.1, -0.05) is 45.4 Å². The minimum absolute atomic E-state index is 0.0540. The molecule has 0 aliphatic heterocycles. The number of aliphatic hydroxyl groups is 1. The highest BCUT2D eigenvalue weighted by Crippen LogP contribution is 2.08. The zero-order chi connectivity index (χ0) is 18.3. The van der Waals surface area contributed by atoms with E-state index in [2.05, 4.69) is 10.6 Å². The van der Waals surface area contributed by atoms with Crippen LogP contribution in [-0.4, -0.2) is 35.6 Å². The Hall–Kier alpha value is -1.88. The summed E-state index contributed by atoms with van der Waals surface area (Å²) in [6, 6.07) is 6.58. The minimum atomic E-state index is -0.634. The van der Waals surface area contributed by atoms with E-state index in [0.29, 0.717) is 17.9 Å². The number of aliphatic hydroxyl groups excluding tert-OH is 1. The molecule has 5 heteroatoms. The Labute approximate surface area is 144 Å². The number of aryl methyl sites for hydroxylation is 1. The number of hydrogen-bond acceptors (Lipinski definition) is 3. The van der Waals surface area contributed by atoms with Crippen molar-refractivity contribution in [3.8, 4) is 0 Å². The summed E-state index contributed by atoms with van der Waals surface area (Å²) in [6.45, 7) is 9.94. The van der Waals surface area contributed by atoms with Crippen molar-refractivity contribution in [1.29, 1.82) is 0 Å². The molecule has 0 saturated carbocycles. The van der Waals surface area contributed by atoms with Gasteiger partial charge in [-0.25, -0.2) is 0 Å². The molecule has 24 heavy (non-hydrogen) atoms. The first-order valence-electron chi connectivity index (χ1n) is 8.54. The number of amides is 2. The second-order valence-electron chi connectivity index (χ2n) is 7.09. The highest BCUT2D eigenvalue weighted by molar-refractivity contribution is 5.97. The van der Waals surface area contributed by atoms with Crippen LogP contribution in [0, 0.1) is 18.8 Å². The van der Waals surface area contributed by atoms with E-state index in [-0.39, 0.29) is 24.3 Å². The van der Waals surface area contributed by atoms with E-state index in [0.717, 1.165) is 5.56 Å². The second-order valence-corrected chi connectivity index (χ2v) is 7.09. The number of benzene rings is 1. The third-order valence-electron chi connectivity index (χ3n) is 3.80. The number of carbonyl (C=O) groups excluding carboxylic acids is 2. The first-order chi connectivity index (χ1) is 11.2. The molecule has 2 unspecified atom stereocenters. The second kappa shape index (κ2) is 9.42. The summed E-state index contributed by atoms with van der Waals surface area (Å²) in [5.74, 6) is -0.236. The Morgan fingerprint density at radius 3 is 2.17 bits per heavy atom. The van der Waals surface area contributed by atoms with Crippen molar-refractivity contribution in [2.24, 2.45) is 11.8 Å². The van der Waals surface area contributed by atoms with E-state index in [1.165, 1.54) is 0 Å². The van der Waals surface area contributed by atoms with Gasteiger partial charge in [0.15, 0.2) is 0 Å². The van der Waals surface area contributed by atoms with Gasteiger partial charge in [0.05, 0.1) is 6.10 Å². The lowest BCUT2D eigenvalue weighted by Crippen LogP contribution is -2.51. The van der Waals surface area contributed by atoms with Crippen LogP contribution in [0.1, 0.15) is 50.0 Å². The van der Waals surface area contributed by atoms with Gasteiger partial charge in [0, 0.05) is 12.1 Å². The molecule has 1 rings (SSSR count). The molecule has 0 bridgehead atoms. The molecule has 2 atom stereocenters. The lowest BCUT2D eigenvalue weighted by atomic mass is 10.0. The van der Waals surface area contributed by atoms with E-state index in [1.807, 2.05) is 46.8 Å². The molecule has 1 aromatic rings. The van der Waals surface area contributed by atoms with Gasteiger partial charge in [-0.15, -0.1) is 0 Å². The van der Waals surface area contributed by atoms with Crippen molar-refractivity contribution in [2.45, 2.75) is 53.2 Å². The van der Waals surface area contributed by atoms with Crippen molar-refractivity contribution in [1.82, 2.24) is 10.6 Å². The Kier molecular flexibility index (Phi) is 7.92. The molecule has 0 aliphatic rings. The molecule has 134 valence electrons. The zero-order valence-electron chi connectivity index (χ0n) is 15.3. The van der Waals surface area contributed by atoms with Gasteiger partial charge in [0.2, 0.25) is 5.91 Å². The van der Waals surface area contributed by atoms with Crippen LogP contribution in [0.2, 0.25) is 0 Å². The summed E-state index contributed by atoms with van der Waals surface area (Å²) in [4.78, 5) is 24.7. The van der Waals surface area contributed by atoms with Gasteiger partial charge in [-0.05, 0) is 37.3 Å². The molecule has 0 aliphatic carbocycles. The van der Waals surface area contributed by atoms with Crippen molar-refractivity contribution in [3.63, 3.8) is 0 Å². The first-order valence-corrected chi connectivity index (χ1v) is 8.54. The molecule has 3 N–H and O–H groups in total. The predicted octanol–water partition coefficient (Wildman–Crippen LogP) is 2.27. The average molecular weight is 334 g/mol. The van der Waals surface area contributed by atoms with Gasteiger partial charge >= 0.3 is 0 Å². The molecule has 0 heterocycles. The smallest absolute Gasteiger partial charge is 0.251 e. The molecular weight excluding hydrogens is 304 g/mol. The third-order valence-corrected chi connectivity index (χ3v) is 3.80.